The van der Waals surface area contributed by atoms with Crippen molar-refractivity contribution in [2.24, 2.45) is 0 Å². The molecule has 3 N–H and O–H groups in total. The van der Waals surface area contributed by atoms with Crippen LogP contribution in [-0.2, 0) is 4.79 Å². The Balaban J connectivity index is 1.97. The van der Waals surface area contributed by atoms with Crippen LogP contribution >= 0.6 is 0 Å². The Morgan fingerprint density at radius 3 is 2.78 bits per heavy atom. The first-order valence-corrected chi connectivity index (χ1v) is 6.09. The van der Waals surface area contributed by atoms with E-state index in [4.69, 9.17) is 9.47 Å². The molecule has 2 rings (SSSR count). The van der Waals surface area contributed by atoms with E-state index in [1.54, 1.807) is 0 Å². The zero-order chi connectivity index (χ0) is 13.0. The van der Waals surface area contributed by atoms with Crippen LogP contribution in [0.15, 0.2) is 18.2 Å². The summed E-state index contributed by atoms with van der Waals surface area (Å²) in [5.41, 5.74) is 5.08. The molecule has 1 aromatic carbocycles. The molecule has 0 aliphatic carbocycles. The molecule has 5 nitrogen and oxygen atoms in total. The van der Waals surface area contributed by atoms with Crippen molar-refractivity contribution < 1.29 is 25.1 Å². The molecule has 0 spiro atoms. The van der Waals surface area contributed by atoms with E-state index in [-0.39, 0.29) is 12.5 Å². The predicted octanol–water partition coefficient (Wildman–Crippen LogP) is -0.339. The molecule has 0 aromatic heterocycles. The van der Waals surface area contributed by atoms with E-state index in [0.29, 0.717) is 26.1 Å². The third-order valence-corrected chi connectivity index (χ3v) is 2.97. The third kappa shape index (κ3) is 3.13. The minimum Gasteiger partial charge on any atom is -0.550 e. The monoisotopic (exact) mass is 251 g/mol. The summed E-state index contributed by atoms with van der Waals surface area (Å²) < 4.78 is 10.9. The van der Waals surface area contributed by atoms with Crippen LogP contribution in [0.25, 0.3) is 0 Å². The highest BCUT2D eigenvalue weighted by molar-refractivity contribution is 5.64. The molecular weight excluding hydrogens is 234 g/mol. The van der Waals surface area contributed by atoms with Gasteiger partial charge in [-0.2, -0.15) is 0 Å². The fraction of sp³-hybridized carbons (Fsp3) is 0.462. The van der Waals surface area contributed by atoms with Crippen LogP contribution in [0, 0.1) is 0 Å². The number of rotatable bonds is 5. The molecule has 0 radical (unpaired) electrons. The van der Waals surface area contributed by atoms with Gasteiger partial charge in [-0.15, -0.1) is 0 Å². The first-order valence-electron chi connectivity index (χ1n) is 6.09. The van der Waals surface area contributed by atoms with Gasteiger partial charge in [0.25, 0.3) is 0 Å². The second kappa shape index (κ2) is 5.73. The van der Waals surface area contributed by atoms with Gasteiger partial charge in [-0.25, -0.2) is 0 Å². The van der Waals surface area contributed by atoms with Gasteiger partial charge in [0.1, 0.15) is 19.3 Å². The highest BCUT2D eigenvalue weighted by atomic mass is 16.6. The van der Waals surface area contributed by atoms with Gasteiger partial charge in [-0.1, -0.05) is 0 Å². The standard InChI is InChI=1S/C13H17NO4/c14-10(2-1-3-13(15)16)9-4-5-11-12(8-9)18-7-6-17-11/h4-5,8,10H,1-3,6-7,14H2,(H,15,16)/t10-/m1/s1. The van der Waals surface area contributed by atoms with Gasteiger partial charge in [0.05, 0.1) is 0 Å². The van der Waals surface area contributed by atoms with Gasteiger partial charge in [0, 0.05) is 18.0 Å². The summed E-state index contributed by atoms with van der Waals surface area (Å²) in [4.78, 5) is 10.3. The van der Waals surface area contributed by atoms with Crippen LogP contribution < -0.4 is 20.3 Å². The highest BCUT2D eigenvalue weighted by Gasteiger charge is 2.16. The molecule has 1 atom stereocenters. The van der Waals surface area contributed by atoms with Gasteiger partial charge in [0.2, 0.25) is 0 Å². The molecule has 1 aromatic rings. The minimum atomic E-state index is -1.01. The SMILES string of the molecule is [NH3+][C@H](CCCC(=O)[O-])c1ccc2c(c1)OCCO2. The van der Waals surface area contributed by atoms with Crippen molar-refractivity contribution in [1.82, 2.24) is 0 Å². The molecule has 98 valence electrons. The molecule has 0 amide bonds. The topological polar surface area (TPSA) is 86.2 Å². The number of quaternary nitrogens is 1. The lowest BCUT2D eigenvalue weighted by molar-refractivity contribution is -0.428. The summed E-state index contributed by atoms with van der Waals surface area (Å²) in [6, 6.07) is 5.80. The molecule has 1 aliphatic heterocycles. The van der Waals surface area contributed by atoms with Crippen molar-refractivity contribution in [1.29, 1.82) is 0 Å². The number of carbonyl (C=O) groups is 1. The van der Waals surface area contributed by atoms with Crippen molar-refractivity contribution in [3.63, 3.8) is 0 Å². The molecular formula is C13H17NO4. The number of carboxylic acids is 1. The molecule has 18 heavy (non-hydrogen) atoms. The van der Waals surface area contributed by atoms with E-state index in [1.165, 1.54) is 0 Å². The van der Waals surface area contributed by atoms with E-state index in [9.17, 15) is 9.90 Å². The van der Waals surface area contributed by atoms with Crippen LogP contribution in [0.3, 0.4) is 0 Å². The lowest BCUT2D eigenvalue weighted by Gasteiger charge is -2.19. The van der Waals surface area contributed by atoms with E-state index in [0.717, 1.165) is 17.1 Å². The fourth-order valence-corrected chi connectivity index (χ4v) is 1.97. The second-order valence-corrected chi connectivity index (χ2v) is 4.36. The minimum absolute atomic E-state index is 0.0557. The smallest absolute Gasteiger partial charge is 0.161 e. The average Bonchev–Trinajstić information content (AvgIpc) is 2.37. The number of benzene rings is 1. The molecule has 0 fully saturated rings. The van der Waals surface area contributed by atoms with Crippen molar-refractivity contribution >= 4 is 5.97 Å². The van der Waals surface area contributed by atoms with Crippen molar-refractivity contribution in [2.75, 3.05) is 13.2 Å². The van der Waals surface area contributed by atoms with E-state index < -0.39 is 5.97 Å². The van der Waals surface area contributed by atoms with Crippen LogP contribution in [0.5, 0.6) is 11.5 Å². The fourth-order valence-electron chi connectivity index (χ4n) is 1.97. The van der Waals surface area contributed by atoms with Crippen molar-refractivity contribution in [3.8, 4) is 11.5 Å². The third-order valence-electron chi connectivity index (χ3n) is 2.97. The Morgan fingerprint density at radius 2 is 2.06 bits per heavy atom. The summed E-state index contributed by atoms with van der Waals surface area (Å²) >= 11 is 0. The number of ether oxygens (including phenoxy) is 2. The number of hydrogen-bond donors (Lipinski definition) is 1. The van der Waals surface area contributed by atoms with Gasteiger partial charge in [-0.3, -0.25) is 0 Å². The Hall–Kier alpha value is -1.75. The van der Waals surface area contributed by atoms with Crippen LogP contribution in [0.1, 0.15) is 30.9 Å². The Bertz CT molecular complexity index is 433. The Labute approximate surface area is 106 Å². The molecule has 0 saturated carbocycles. The summed E-state index contributed by atoms with van der Waals surface area (Å²) in [5.74, 6) is 0.489. The van der Waals surface area contributed by atoms with Crippen LogP contribution in [-0.4, -0.2) is 19.2 Å². The quantitative estimate of drug-likeness (QED) is 0.775. The summed E-state index contributed by atoms with van der Waals surface area (Å²) in [6.45, 7) is 1.13. The van der Waals surface area contributed by atoms with Gasteiger partial charge in [0.15, 0.2) is 11.5 Å². The summed E-state index contributed by atoms with van der Waals surface area (Å²) in [6.07, 6.45) is 1.37. The number of carboxylic acid groups (broad SMARTS) is 1. The van der Waals surface area contributed by atoms with Crippen LogP contribution in [0.2, 0.25) is 0 Å². The van der Waals surface area contributed by atoms with Gasteiger partial charge < -0.3 is 25.1 Å². The van der Waals surface area contributed by atoms with Crippen molar-refractivity contribution in [3.05, 3.63) is 23.8 Å². The first-order chi connectivity index (χ1) is 8.66. The number of carbonyl (C=O) groups excluding carboxylic acids is 1. The number of fused-ring (bicyclic) bond motifs is 1. The summed E-state index contributed by atoms with van der Waals surface area (Å²) in [5, 5.41) is 10.3. The van der Waals surface area contributed by atoms with Crippen LogP contribution in [0.4, 0.5) is 0 Å². The van der Waals surface area contributed by atoms with Gasteiger partial charge in [-0.05, 0) is 31.0 Å². The zero-order valence-corrected chi connectivity index (χ0v) is 10.2. The largest absolute Gasteiger partial charge is 0.550 e. The van der Waals surface area contributed by atoms with Crippen molar-refractivity contribution in [2.45, 2.75) is 25.3 Å². The molecule has 1 heterocycles. The first kappa shape index (κ1) is 12.7. The highest BCUT2D eigenvalue weighted by Crippen LogP contribution is 2.32. The second-order valence-electron chi connectivity index (χ2n) is 4.36. The average molecular weight is 251 g/mol. The van der Waals surface area contributed by atoms with E-state index in [1.807, 2.05) is 18.2 Å². The molecule has 0 unspecified atom stereocenters. The normalized spacial score (nSPS) is 15.2. The Kier molecular flexibility index (Phi) is 4.04. The summed E-state index contributed by atoms with van der Waals surface area (Å²) in [7, 11) is 0. The zero-order valence-electron chi connectivity index (χ0n) is 10.2. The van der Waals surface area contributed by atoms with Gasteiger partial charge >= 0.3 is 0 Å². The lowest BCUT2D eigenvalue weighted by Crippen LogP contribution is -2.53. The molecule has 1 aliphatic rings. The predicted molar refractivity (Wildman–Crippen MR) is 61.9 cm³/mol. The maximum atomic E-state index is 10.3. The number of aliphatic carboxylic acids is 1. The van der Waals surface area contributed by atoms with E-state index in [2.05, 4.69) is 5.73 Å². The molecule has 5 heteroatoms. The molecule has 0 bridgehead atoms. The maximum Gasteiger partial charge on any atom is 0.161 e. The number of hydrogen-bond acceptors (Lipinski definition) is 4. The Morgan fingerprint density at radius 1 is 1.33 bits per heavy atom. The van der Waals surface area contributed by atoms with E-state index >= 15 is 0 Å². The molecule has 0 saturated heterocycles. The lowest BCUT2D eigenvalue weighted by atomic mass is 10.0. The maximum absolute atomic E-state index is 10.3.